The molecule has 0 amide bonds. The molecule has 4 rings (SSSR count). The molecule has 0 atom stereocenters. The summed E-state index contributed by atoms with van der Waals surface area (Å²) in [5.74, 6) is -7.41. The number of oxime groups is 1. The monoisotopic (exact) mass is 508 g/mol. The predicted molar refractivity (Wildman–Crippen MR) is 135 cm³/mol. The lowest BCUT2D eigenvalue weighted by atomic mass is 9.78. The van der Waals surface area contributed by atoms with Crippen LogP contribution in [0.3, 0.4) is 0 Å². The normalized spacial score (nSPS) is 42.8. The Bertz CT molecular complexity index is 1880. The largest absolute Gasteiger partial charge is 0.416 e. The number of aryl methyl sites for hydroxylation is 1. The van der Waals surface area contributed by atoms with Crippen LogP contribution in [-0.4, -0.2) is 23.7 Å². The van der Waals surface area contributed by atoms with Crippen LogP contribution in [0.2, 0.25) is 0 Å². The van der Waals surface area contributed by atoms with Crippen LogP contribution < -0.4 is 0 Å². The third-order valence-electron chi connectivity index (χ3n) is 5.21. The van der Waals surface area contributed by atoms with E-state index in [1.807, 2.05) is 0 Å². The molecule has 2 aromatic rings. The van der Waals surface area contributed by atoms with Crippen molar-refractivity contribution in [3.05, 3.63) is 69.8 Å². The highest BCUT2D eigenvalue weighted by atomic mass is 19.4. The zero-order valence-corrected chi connectivity index (χ0v) is 18.5. The van der Waals surface area contributed by atoms with Gasteiger partial charge in [0, 0.05) is 33.9 Å². The van der Waals surface area contributed by atoms with Gasteiger partial charge in [0.25, 0.3) is 0 Å². The van der Waals surface area contributed by atoms with Gasteiger partial charge in [0.05, 0.1) is 14.0 Å². The summed E-state index contributed by atoms with van der Waals surface area (Å²) in [5, 5.41) is 3.32. The van der Waals surface area contributed by atoms with Crippen molar-refractivity contribution in [2.24, 2.45) is 11.0 Å². The molecule has 1 saturated carbocycles. The molecular formula is C29H37F3N2O. The summed E-state index contributed by atoms with van der Waals surface area (Å²) in [4.78, 5) is 6.11. The third kappa shape index (κ3) is 6.46. The Morgan fingerprint density at radius 1 is 1.17 bits per heavy atom. The van der Waals surface area contributed by atoms with Gasteiger partial charge < -0.3 is 4.84 Å². The van der Waals surface area contributed by atoms with Crippen molar-refractivity contribution in [2.75, 3.05) is 13.1 Å². The SMILES string of the molecule is [2H]C([2H])([2H])/C(=N\OC([2H])([2H])c1ccc(C2([2H])C([2H])([2H])C([2H])([2H])C([2H])(C)C([2H])([2H])C2([2H])[2H])c(C(F)(F)F)c1)c1ccc(C([2H])([2H])N2CCC2)c(C([2H])([2H])C([2H])([2H])[2H])c1. The number of halogens is 3. The second-order valence-electron chi connectivity index (χ2n) is 7.73. The Morgan fingerprint density at radius 2 is 1.97 bits per heavy atom. The van der Waals surface area contributed by atoms with Crippen LogP contribution in [-0.2, 0) is 30.4 Å². The molecule has 6 heteroatoms. The Balaban J connectivity index is 1.91. The van der Waals surface area contributed by atoms with Crippen LogP contribution in [0.1, 0.15) is 122 Å². The first-order valence-corrected chi connectivity index (χ1v) is 10.5. The van der Waals surface area contributed by atoms with E-state index >= 15 is 0 Å². The Kier molecular flexibility index (Phi) is 3.14. The van der Waals surface area contributed by atoms with E-state index in [0.717, 1.165) is 12.1 Å². The summed E-state index contributed by atoms with van der Waals surface area (Å²) < 4.78 is 227. The molecule has 0 radical (unpaired) electrons. The number of hydrogen-bond acceptors (Lipinski definition) is 3. The van der Waals surface area contributed by atoms with Crippen LogP contribution in [0, 0.1) is 5.89 Å². The van der Waals surface area contributed by atoms with Gasteiger partial charge in [-0.2, -0.15) is 13.2 Å². The molecule has 1 saturated heterocycles. The van der Waals surface area contributed by atoms with Crippen molar-refractivity contribution < 1.29 is 48.2 Å². The molecule has 190 valence electrons. The van der Waals surface area contributed by atoms with Crippen molar-refractivity contribution >= 4 is 5.71 Å². The third-order valence-corrected chi connectivity index (χ3v) is 5.21. The summed E-state index contributed by atoms with van der Waals surface area (Å²) in [6, 6.07) is 3.10. The van der Waals surface area contributed by atoms with Gasteiger partial charge in [-0.15, -0.1) is 0 Å². The maximum Gasteiger partial charge on any atom is 0.416 e. The molecule has 3 nitrogen and oxygen atoms in total. The minimum Gasteiger partial charge on any atom is -0.391 e. The molecule has 2 aromatic carbocycles. The van der Waals surface area contributed by atoms with Gasteiger partial charge in [-0.1, -0.05) is 55.9 Å². The Labute approximate surface area is 238 Å². The topological polar surface area (TPSA) is 24.8 Å². The Hall–Kier alpha value is -2.34. The van der Waals surface area contributed by atoms with E-state index in [2.05, 4.69) is 5.16 Å². The zero-order valence-electron chi connectivity index (χ0n) is 40.5. The van der Waals surface area contributed by atoms with E-state index in [0.29, 0.717) is 25.5 Å². The lowest BCUT2D eigenvalue weighted by Crippen LogP contribution is -2.36. The van der Waals surface area contributed by atoms with Gasteiger partial charge in [-0.05, 0) is 97.2 Å². The second kappa shape index (κ2) is 11.2. The van der Waals surface area contributed by atoms with Gasteiger partial charge in [0.1, 0.15) is 6.56 Å². The van der Waals surface area contributed by atoms with Crippen LogP contribution in [0.5, 0.6) is 0 Å². The quantitative estimate of drug-likeness (QED) is 0.269. The average Bonchev–Trinajstić information content (AvgIpc) is 3.00. The van der Waals surface area contributed by atoms with Crippen molar-refractivity contribution in [2.45, 2.75) is 84.0 Å². The number of alkyl halides is 3. The summed E-state index contributed by atoms with van der Waals surface area (Å²) in [6.07, 6.45) is -24.2. The second-order valence-corrected chi connectivity index (χ2v) is 7.73. The molecule has 1 heterocycles. The predicted octanol–water partition coefficient (Wildman–Crippen LogP) is 7.71. The number of likely N-dealkylation sites (tertiary alicyclic amines) is 1. The molecule has 1 aliphatic carbocycles. The molecule has 0 unspecified atom stereocenters. The molecule has 0 spiro atoms. The minimum absolute atomic E-state index is 0.0718. The van der Waals surface area contributed by atoms with E-state index in [1.165, 1.54) is 4.90 Å². The van der Waals surface area contributed by atoms with E-state index in [9.17, 15) is 13.2 Å². The van der Waals surface area contributed by atoms with Crippen LogP contribution in [0.25, 0.3) is 0 Å². The first-order valence-electron chi connectivity index (χ1n) is 21.5. The Morgan fingerprint density at radius 3 is 2.63 bits per heavy atom. The summed E-state index contributed by atoms with van der Waals surface area (Å²) in [5.41, 5.74) is -8.05. The lowest BCUT2D eigenvalue weighted by Gasteiger charge is -2.31. The molecular weight excluding hydrogens is 449 g/mol. The highest BCUT2D eigenvalue weighted by Crippen LogP contribution is 2.42. The smallest absolute Gasteiger partial charge is 0.391 e. The van der Waals surface area contributed by atoms with Gasteiger partial charge in [0.15, 0.2) is 0 Å². The van der Waals surface area contributed by atoms with Gasteiger partial charge in [-0.3, -0.25) is 4.90 Å². The molecule has 1 aliphatic heterocycles. The molecule has 2 fully saturated rings. The molecule has 0 bridgehead atoms. The van der Waals surface area contributed by atoms with Gasteiger partial charge >= 0.3 is 6.18 Å². The fourth-order valence-corrected chi connectivity index (χ4v) is 3.23. The highest BCUT2D eigenvalue weighted by Gasteiger charge is 2.36. The molecule has 0 aromatic heterocycles. The minimum atomic E-state index is -5.70. The van der Waals surface area contributed by atoms with E-state index < -0.39 is 116 Å². The average molecular weight is 509 g/mol. The number of benzene rings is 2. The number of hydrogen-bond donors (Lipinski definition) is 0. The van der Waals surface area contributed by atoms with Crippen LogP contribution in [0.15, 0.2) is 41.6 Å². The fourth-order valence-electron chi connectivity index (χ4n) is 3.23. The summed E-state index contributed by atoms with van der Waals surface area (Å²) in [7, 11) is 0. The molecule has 0 N–H and O–H groups in total. The maximum absolute atomic E-state index is 14.8. The standard InChI is InChI=1S/C29H37F3N2O/c1-4-23-17-25(11-12-26(23)18-34-14-5-15-34)21(3)33-35-19-22-8-13-27(28(16-22)29(30,31)32)24-9-6-20(2)7-10-24/h8,11-13,16-17,20,24H,4-7,9-10,14-15,18-19H2,1-3H3/b33-21+/i1D3,3D3,4D2,6D2,7D2,9D2,10D2,18D2,19D2,20D,24D. The van der Waals surface area contributed by atoms with Crippen molar-refractivity contribution in [3.8, 4) is 0 Å². The van der Waals surface area contributed by atoms with Gasteiger partial charge in [0.2, 0.25) is 0 Å². The lowest BCUT2D eigenvalue weighted by molar-refractivity contribution is -0.138. The highest BCUT2D eigenvalue weighted by molar-refractivity contribution is 5.98. The van der Waals surface area contributed by atoms with Crippen molar-refractivity contribution in [1.29, 1.82) is 0 Å². The zero-order chi connectivity index (χ0) is 44.4. The first kappa shape index (κ1) is 9.85. The van der Waals surface area contributed by atoms with Crippen molar-refractivity contribution in [1.82, 2.24) is 4.90 Å². The maximum atomic E-state index is 14.8. The first-order chi connectivity index (χ1) is 25.1. The van der Waals surface area contributed by atoms with Crippen molar-refractivity contribution in [3.63, 3.8) is 0 Å². The number of rotatable bonds is 8. The molecule has 2 aliphatic rings. The van der Waals surface area contributed by atoms with E-state index in [4.69, 9.17) is 35.0 Å². The summed E-state index contributed by atoms with van der Waals surface area (Å²) >= 11 is 0. The van der Waals surface area contributed by atoms with E-state index in [1.54, 1.807) is 0 Å². The fraction of sp³-hybridized carbons (Fsp3) is 0.552. The molecule has 35 heavy (non-hydrogen) atoms. The summed E-state index contributed by atoms with van der Waals surface area (Å²) in [6.45, 7) is -11.9. The van der Waals surface area contributed by atoms with Crippen LogP contribution in [0.4, 0.5) is 13.2 Å². The van der Waals surface area contributed by atoms with E-state index in [-0.39, 0.29) is 25.2 Å². The van der Waals surface area contributed by atoms with Gasteiger partial charge in [-0.25, -0.2) is 0 Å². The number of nitrogens with zero attached hydrogens (tertiary/aromatic N) is 2. The van der Waals surface area contributed by atoms with Crippen LogP contribution >= 0.6 is 0 Å².